The fraction of sp³-hybridized carbons (Fsp3) is 0.600. The Bertz CT molecular complexity index is 246. The molecule has 0 nitrogen and oxygen atoms in total. The summed E-state index contributed by atoms with van der Waals surface area (Å²) in [6.07, 6.45) is 2.39. The van der Waals surface area contributed by atoms with E-state index >= 15 is 0 Å². The van der Waals surface area contributed by atoms with Gasteiger partial charge in [0, 0.05) is 9.75 Å². The molecule has 1 heterocycles. The molecule has 0 atom stereocenters. The number of rotatable bonds is 2. The monoisotopic (exact) mass is 168 g/mol. The van der Waals surface area contributed by atoms with Gasteiger partial charge in [0.15, 0.2) is 0 Å². The summed E-state index contributed by atoms with van der Waals surface area (Å²) in [6.45, 7) is 8.94. The van der Waals surface area contributed by atoms with E-state index in [0.29, 0.717) is 0 Å². The molecule has 0 N–H and O–H groups in total. The lowest BCUT2D eigenvalue weighted by Gasteiger charge is -1.97. The van der Waals surface area contributed by atoms with Crippen LogP contribution in [-0.2, 0) is 12.8 Å². The van der Waals surface area contributed by atoms with Gasteiger partial charge in [-0.2, -0.15) is 0 Å². The molecule has 0 aromatic carbocycles. The van der Waals surface area contributed by atoms with Crippen LogP contribution < -0.4 is 0 Å². The number of thiophene rings is 1. The maximum atomic E-state index is 2.24. The van der Waals surface area contributed by atoms with Gasteiger partial charge in [-0.25, -0.2) is 0 Å². The van der Waals surface area contributed by atoms with Crippen molar-refractivity contribution in [3.05, 3.63) is 20.9 Å². The number of aryl methyl sites for hydroxylation is 2. The Morgan fingerprint density at radius 3 is 2.09 bits per heavy atom. The summed E-state index contributed by atoms with van der Waals surface area (Å²) in [5.74, 6) is 0. The molecule has 1 rings (SSSR count). The largest absolute Gasteiger partial charge is 0.145 e. The fourth-order valence-electron chi connectivity index (χ4n) is 1.49. The molecule has 0 unspecified atom stereocenters. The van der Waals surface area contributed by atoms with Gasteiger partial charge in [-0.1, -0.05) is 13.8 Å². The first-order valence-corrected chi connectivity index (χ1v) is 5.10. The summed E-state index contributed by atoms with van der Waals surface area (Å²) < 4.78 is 0. The van der Waals surface area contributed by atoms with Gasteiger partial charge in [0.2, 0.25) is 0 Å². The average Bonchev–Trinajstić information content (AvgIpc) is 2.28. The fourth-order valence-corrected chi connectivity index (χ4v) is 2.70. The SMILES string of the molecule is CCc1sc(C)c(C)c1CC. The third-order valence-electron chi connectivity index (χ3n) is 2.27. The smallest absolute Gasteiger partial charge is 0.00799 e. The quantitative estimate of drug-likeness (QED) is 0.634. The molecule has 11 heavy (non-hydrogen) atoms. The molecule has 1 aromatic rings. The molecule has 1 aromatic heterocycles. The third kappa shape index (κ3) is 1.48. The minimum atomic E-state index is 1.19. The molecule has 62 valence electrons. The molecule has 0 spiro atoms. The van der Waals surface area contributed by atoms with Gasteiger partial charge >= 0.3 is 0 Å². The Labute approximate surface area is 73.3 Å². The predicted molar refractivity (Wildman–Crippen MR) is 52.5 cm³/mol. The molecule has 0 saturated heterocycles. The molecular formula is C10H16S. The zero-order chi connectivity index (χ0) is 8.43. The van der Waals surface area contributed by atoms with Crippen LogP contribution in [0.15, 0.2) is 0 Å². The standard InChI is InChI=1S/C10H16S/c1-5-9-7(3)8(4)11-10(9)6-2/h5-6H2,1-4H3. The van der Waals surface area contributed by atoms with Crippen LogP contribution in [0.2, 0.25) is 0 Å². The van der Waals surface area contributed by atoms with Crippen LogP contribution in [0.25, 0.3) is 0 Å². The van der Waals surface area contributed by atoms with Crippen LogP contribution in [0.4, 0.5) is 0 Å². The molecule has 0 fully saturated rings. The van der Waals surface area contributed by atoms with Gasteiger partial charge in [0.25, 0.3) is 0 Å². The summed E-state index contributed by atoms with van der Waals surface area (Å²) in [5, 5.41) is 0. The Kier molecular flexibility index (Phi) is 2.72. The van der Waals surface area contributed by atoms with Crippen LogP contribution in [-0.4, -0.2) is 0 Å². The Hall–Kier alpha value is -0.300. The zero-order valence-corrected chi connectivity index (χ0v) is 8.64. The third-order valence-corrected chi connectivity index (χ3v) is 3.66. The highest BCUT2D eigenvalue weighted by Gasteiger charge is 2.07. The second-order valence-electron chi connectivity index (χ2n) is 2.89. The highest BCUT2D eigenvalue weighted by atomic mass is 32.1. The molecule has 0 bridgehead atoms. The lowest BCUT2D eigenvalue weighted by Crippen LogP contribution is -1.85. The molecule has 0 aliphatic rings. The van der Waals surface area contributed by atoms with E-state index in [2.05, 4.69) is 27.7 Å². The molecule has 1 heteroatoms. The van der Waals surface area contributed by atoms with Crippen molar-refractivity contribution in [2.75, 3.05) is 0 Å². The average molecular weight is 168 g/mol. The van der Waals surface area contributed by atoms with Crippen molar-refractivity contribution in [3.8, 4) is 0 Å². The summed E-state index contributed by atoms with van der Waals surface area (Å²) in [7, 11) is 0. The van der Waals surface area contributed by atoms with E-state index in [9.17, 15) is 0 Å². The first kappa shape index (κ1) is 8.79. The maximum Gasteiger partial charge on any atom is 0.00799 e. The van der Waals surface area contributed by atoms with Crippen LogP contribution >= 0.6 is 11.3 Å². The molecule has 0 amide bonds. The minimum Gasteiger partial charge on any atom is -0.145 e. The van der Waals surface area contributed by atoms with Crippen LogP contribution in [0, 0.1) is 13.8 Å². The van der Waals surface area contributed by atoms with Crippen LogP contribution in [0.1, 0.15) is 34.7 Å². The number of hydrogen-bond acceptors (Lipinski definition) is 1. The summed E-state index contributed by atoms with van der Waals surface area (Å²) >= 11 is 1.97. The van der Waals surface area contributed by atoms with Crippen molar-refractivity contribution in [2.45, 2.75) is 40.5 Å². The first-order chi connectivity index (χ1) is 5.20. The first-order valence-electron chi connectivity index (χ1n) is 4.28. The van der Waals surface area contributed by atoms with E-state index in [1.54, 1.807) is 10.4 Å². The van der Waals surface area contributed by atoms with Gasteiger partial charge in [-0.15, -0.1) is 11.3 Å². The normalized spacial score (nSPS) is 10.5. The van der Waals surface area contributed by atoms with E-state index in [1.807, 2.05) is 11.3 Å². The second-order valence-corrected chi connectivity index (χ2v) is 4.20. The van der Waals surface area contributed by atoms with Crippen LogP contribution in [0.5, 0.6) is 0 Å². The van der Waals surface area contributed by atoms with Gasteiger partial charge in [0.1, 0.15) is 0 Å². The molecule has 0 aliphatic carbocycles. The van der Waals surface area contributed by atoms with Crippen LogP contribution in [0.3, 0.4) is 0 Å². The lowest BCUT2D eigenvalue weighted by molar-refractivity contribution is 1.05. The maximum absolute atomic E-state index is 2.24. The summed E-state index contributed by atoms with van der Waals surface area (Å²) in [6, 6.07) is 0. The highest BCUT2D eigenvalue weighted by molar-refractivity contribution is 7.12. The van der Waals surface area contributed by atoms with Crippen molar-refractivity contribution in [2.24, 2.45) is 0 Å². The van der Waals surface area contributed by atoms with Gasteiger partial charge in [-0.3, -0.25) is 0 Å². The summed E-state index contributed by atoms with van der Waals surface area (Å²) in [4.78, 5) is 3.08. The van der Waals surface area contributed by atoms with Crippen molar-refractivity contribution in [1.82, 2.24) is 0 Å². The van der Waals surface area contributed by atoms with Crippen molar-refractivity contribution in [3.63, 3.8) is 0 Å². The Balaban J connectivity index is 3.15. The molecule has 0 saturated carbocycles. The van der Waals surface area contributed by atoms with Gasteiger partial charge < -0.3 is 0 Å². The van der Waals surface area contributed by atoms with E-state index in [4.69, 9.17) is 0 Å². The van der Waals surface area contributed by atoms with Gasteiger partial charge in [0.05, 0.1) is 0 Å². The van der Waals surface area contributed by atoms with Crippen molar-refractivity contribution < 1.29 is 0 Å². The van der Waals surface area contributed by atoms with E-state index < -0.39 is 0 Å². The lowest BCUT2D eigenvalue weighted by atomic mass is 10.1. The molecule has 0 radical (unpaired) electrons. The van der Waals surface area contributed by atoms with Crippen molar-refractivity contribution in [1.29, 1.82) is 0 Å². The van der Waals surface area contributed by atoms with Crippen molar-refractivity contribution >= 4 is 11.3 Å². The summed E-state index contributed by atoms with van der Waals surface area (Å²) in [5.41, 5.74) is 3.12. The predicted octanol–water partition coefficient (Wildman–Crippen LogP) is 3.49. The zero-order valence-electron chi connectivity index (χ0n) is 7.82. The topological polar surface area (TPSA) is 0 Å². The molecular weight excluding hydrogens is 152 g/mol. The number of hydrogen-bond donors (Lipinski definition) is 0. The highest BCUT2D eigenvalue weighted by Crippen LogP contribution is 2.27. The van der Waals surface area contributed by atoms with Gasteiger partial charge in [-0.05, 0) is 37.8 Å². The van der Waals surface area contributed by atoms with E-state index in [-0.39, 0.29) is 0 Å². The Morgan fingerprint density at radius 1 is 1.09 bits per heavy atom. The van der Waals surface area contributed by atoms with E-state index in [1.165, 1.54) is 23.3 Å². The van der Waals surface area contributed by atoms with E-state index in [0.717, 1.165) is 0 Å². The minimum absolute atomic E-state index is 1.19. The molecule has 0 aliphatic heterocycles. The second kappa shape index (κ2) is 3.40. The Morgan fingerprint density at radius 2 is 1.73 bits per heavy atom.